The maximum Gasteiger partial charge on any atom is 0.0900 e. The van der Waals surface area contributed by atoms with Crippen molar-refractivity contribution >= 4 is 38.3 Å². The Kier molecular flexibility index (Phi) is 6.02. The van der Waals surface area contributed by atoms with Gasteiger partial charge in [0.2, 0.25) is 0 Å². The fraction of sp³-hybridized carbons (Fsp3) is 0.179. The molecule has 0 spiro atoms. The molecule has 1 saturated heterocycles. The van der Waals surface area contributed by atoms with E-state index in [1.54, 1.807) is 6.20 Å². The van der Waals surface area contributed by atoms with Gasteiger partial charge in [-0.15, -0.1) is 0 Å². The number of nitrogens with zero attached hydrogens (tertiary/aromatic N) is 4. The lowest BCUT2D eigenvalue weighted by atomic mass is 10.1. The van der Waals surface area contributed by atoms with Crippen LogP contribution >= 0.6 is 15.9 Å². The number of para-hydroxylation sites is 2. The Bertz CT molecular complexity index is 1510. The van der Waals surface area contributed by atoms with E-state index in [0.717, 1.165) is 75.4 Å². The predicted molar refractivity (Wildman–Crippen MR) is 142 cm³/mol. The summed E-state index contributed by atoms with van der Waals surface area (Å²) in [6, 6.07) is 25.0. The Morgan fingerprint density at radius 2 is 1.80 bits per heavy atom. The maximum absolute atomic E-state index is 5.57. The van der Waals surface area contributed by atoms with Crippen LogP contribution in [0.2, 0.25) is 0 Å². The van der Waals surface area contributed by atoms with Crippen LogP contribution < -0.4 is 10.7 Å². The molecule has 1 N–H and O–H groups in total. The smallest absolute Gasteiger partial charge is 0.0900 e. The quantitative estimate of drug-likeness (QED) is 0.287. The molecule has 0 saturated carbocycles. The summed E-state index contributed by atoms with van der Waals surface area (Å²) in [7, 11) is 0. The van der Waals surface area contributed by atoms with Crippen LogP contribution in [0, 0.1) is 0 Å². The number of ether oxygens (including phenoxy) is 1. The number of pyridine rings is 1. The van der Waals surface area contributed by atoms with Crippen molar-refractivity contribution in [3.63, 3.8) is 0 Å². The third-order valence-electron chi connectivity index (χ3n) is 6.24. The highest BCUT2D eigenvalue weighted by molar-refractivity contribution is 9.10. The van der Waals surface area contributed by atoms with Crippen LogP contribution in [0.5, 0.6) is 0 Å². The summed E-state index contributed by atoms with van der Waals surface area (Å²) in [5.41, 5.74) is 6.79. The van der Waals surface area contributed by atoms with Gasteiger partial charge < -0.3 is 14.6 Å². The zero-order valence-corrected chi connectivity index (χ0v) is 20.6. The van der Waals surface area contributed by atoms with E-state index in [4.69, 9.17) is 14.7 Å². The Morgan fingerprint density at radius 1 is 0.971 bits per heavy atom. The van der Waals surface area contributed by atoms with Crippen LogP contribution in [0.3, 0.4) is 0 Å². The lowest BCUT2D eigenvalue weighted by Gasteiger charge is -2.22. The van der Waals surface area contributed by atoms with Gasteiger partial charge in [-0.05, 0) is 73.5 Å². The summed E-state index contributed by atoms with van der Waals surface area (Å²) < 4.78 is 8.88. The Morgan fingerprint density at radius 3 is 2.60 bits per heavy atom. The van der Waals surface area contributed by atoms with Crippen molar-refractivity contribution in [2.24, 2.45) is 4.99 Å². The second kappa shape index (κ2) is 9.60. The van der Waals surface area contributed by atoms with Gasteiger partial charge in [-0.1, -0.05) is 28.1 Å². The van der Waals surface area contributed by atoms with Crippen molar-refractivity contribution in [2.75, 3.05) is 18.5 Å². The van der Waals surface area contributed by atoms with E-state index >= 15 is 0 Å². The van der Waals surface area contributed by atoms with Gasteiger partial charge in [0.25, 0.3) is 0 Å². The number of anilines is 2. The Labute approximate surface area is 211 Å². The van der Waals surface area contributed by atoms with Crippen molar-refractivity contribution in [3.8, 4) is 17.1 Å². The summed E-state index contributed by atoms with van der Waals surface area (Å²) in [6.45, 7) is 1.50. The lowest BCUT2D eigenvalue weighted by Crippen LogP contribution is -2.23. The molecule has 7 heteroatoms. The molecule has 3 aliphatic rings. The molecule has 0 unspecified atom stereocenters. The van der Waals surface area contributed by atoms with E-state index < -0.39 is 0 Å². The van der Waals surface area contributed by atoms with Gasteiger partial charge in [0.15, 0.2) is 0 Å². The van der Waals surface area contributed by atoms with E-state index in [-0.39, 0.29) is 6.04 Å². The number of nitrogens with one attached hydrogen (secondary N) is 1. The van der Waals surface area contributed by atoms with Crippen LogP contribution in [-0.2, 0) is 4.74 Å². The summed E-state index contributed by atoms with van der Waals surface area (Å²) in [4.78, 5) is 14.5. The molecule has 2 aromatic carbocycles. The Hall–Kier alpha value is -3.55. The first kappa shape index (κ1) is 21.9. The molecule has 35 heavy (non-hydrogen) atoms. The van der Waals surface area contributed by atoms with Crippen molar-refractivity contribution in [1.82, 2.24) is 14.5 Å². The zero-order chi connectivity index (χ0) is 23.6. The number of hydrogen-bond donors (Lipinski definition) is 1. The number of aromatic nitrogens is 3. The number of rotatable bonds is 4. The van der Waals surface area contributed by atoms with Crippen molar-refractivity contribution < 1.29 is 4.74 Å². The van der Waals surface area contributed by atoms with Crippen molar-refractivity contribution in [1.29, 1.82) is 0 Å². The number of halogens is 1. The third kappa shape index (κ3) is 4.57. The van der Waals surface area contributed by atoms with Gasteiger partial charge in [-0.25, -0.2) is 4.98 Å². The fourth-order valence-electron chi connectivity index (χ4n) is 4.52. The molecule has 1 aliphatic carbocycles. The van der Waals surface area contributed by atoms with Crippen molar-refractivity contribution in [2.45, 2.75) is 18.9 Å². The average molecular weight is 526 g/mol. The van der Waals surface area contributed by atoms with Gasteiger partial charge in [-0.2, -0.15) is 0 Å². The number of fused-ring (bicyclic) bond motifs is 2. The number of benzene rings is 3. The molecule has 2 aliphatic heterocycles. The Balaban J connectivity index is 1.62. The highest BCUT2D eigenvalue weighted by atomic mass is 79.9. The minimum atomic E-state index is 0.227. The minimum Gasteiger partial charge on any atom is -0.381 e. The van der Waals surface area contributed by atoms with Crippen LogP contribution in [0.4, 0.5) is 11.4 Å². The van der Waals surface area contributed by atoms with E-state index in [0.29, 0.717) is 0 Å². The minimum absolute atomic E-state index is 0.227. The molecule has 0 atom stereocenters. The van der Waals surface area contributed by atoms with Gasteiger partial charge >= 0.3 is 0 Å². The van der Waals surface area contributed by atoms with Gasteiger partial charge in [0.05, 0.1) is 51.4 Å². The molecule has 6 nitrogen and oxygen atoms in total. The zero-order valence-electron chi connectivity index (χ0n) is 19.1. The molecule has 0 amide bonds. The largest absolute Gasteiger partial charge is 0.381 e. The van der Waals surface area contributed by atoms with Crippen LogP contribution in [0.25, 0.3) is 28.1 Å². The monoisotopic (exact) mass is 525 g/mol. The molecular weight excluding hydrogens is 502 g/mol. The first-order chi connectivity index (χ1) is 17.2. The topological polar surface area (TPSA) is 64.3 Å². The van der Waals surface area contributed by atoms with E-state index in [2.05, 4.69) is 85.4 Å². The standard InChI is InChI=1S/C28H24BrN5O/c29-19-7-9-22(10-8-19)34-27-6-2-1-5-23(27)33-26-16-24(32-21-4-3-13-30-18-21)25(17-28(26)34)31-20-11-14-35-15-12-20/h1-10,13,16-18,20,32H,11-12,14-15H2. The predicted octanol–water partition coefficient (Wildman–Crippen LogP) is 6.11. The third-order valence-corrected chi connectivity index (χ3v) is 6.76. The average Bonchev–Trinajstić information content (AvgIpc) is 2.90. The summed E-state index contributed by atoms with van der Waals surface area (Å²) in [5, 5.41) is 4.44. The summed E-state index contributed by atoms with van der Waals surface area (Å²) >= 11 is 3.57. The van der Waals surface area contributed by atoms with Crippen LogP contribution in [0.1, 0.15) is 12.8 Å². The first-order valence-corrected chi connectivity index (χ1v) is 12.5. The molecule has 174 valence electrons. The molecule has 0 bridgehead atoms. The van der Waals surface area contributed by atoms with Crippen molar-refractivity contribution in [3.05, 3.63) is 95.0 Å². The fourth-order valence-corrected chi connectivity index (χ4v) is 4.78. The van der Waals surface area contributed by atoms with E-state index in [1.165, 1.54) is 0 Å². The van der Waals surface area contributed by atoms with Gasteiger partial charge in [-0.3, -0.25) is 9.98 Å². The second-order valence-corrected chi connectivity index (χ2v) is 9.53. The molecule has 1 fully saturated rings. The summed E-state index contributed by atoms with van der Waals surface area (Å²) in [5.74, 6) is 0. The second-order valence-electron chi connectivity index (χ2n) is 8.61. The molecule has 3 aromatic rings. The maximum atomic E-state index is 5.57. The molecular formula is C28H24BrN5O. The molecule has 3 heterocycles. The highest BCUT2D eigenvalue weighted by Crippen LogP contribution is 2.31. The van der Waals surface area contributed by atoms with Crippen LogP contribution in [-0.4, -0.2) is 33.8 Å². The van der Waals surface area contributed by atoms with E-state index in [9.17, 15) is 0 Å². The lowest BCUT2D eigenvalue weighted by molar-refractivity contribution is 0.0864. The highest BCUT2D eigenvalue weighted by Gasteiger charge is 2.18. The van der Waals surface area contributed by atoms with Gasteiger partial charge in [0.1, 0.15) is 0 Å². The van der Waals surface area contributed by atoms with E-state index in [1.807, 2.05) is 24.4 Å². The molecule has 1 aromatic heterocycles. The van der Waals surface area contributed by atoms with Crippen LogP contribution in [0.15, 0.2) is 94.7 Å². The molecule has 0 radical (unpaired) electrons. The molecule has 6 rings (SSSR count). The van der Waals surface area contributed by atoms with Gasteiger partial charge in [0, 0.05) is 29.6 Å². The SMILES string of the molecule is Brc1ccc(-n2c3cc(=NC4CCOCC4)c(Nc4cccnc4)cc-3nc3ccccc32)cc1. The normalized spacial score (nSPS) is 15.1. The first-order valence-electron chi connectivity index (χ1n) is 11.7. The number of hydrogen-bond acceptors (Lipinski definition) is 5. The summed E-state index contributed by atoms with van der Waals surface area (Å²) in [6.07, 6.45) is 5.44.